The molecule has 1 aromatic heterocycles. The van der Waals surface area contributed by atoms with Crippen molar-refractivity contribution in [3.8, 4) is 0 Å². The molecule has 0 unspecified atom stereocenters. The van der Waals surface area contributed by atoms with Gasteiger partial charge in [0.15, 0.2) is 0 Å². The van der Waals surface area contributed by atoms with E-state index >= 15 is 0 Å². The van der Waals surface area contributed by atoms with Gasteiger partial charge in [0.2, 0.25) is 21.9 Å². The van der Waals surface area contributed by atoms with Crippen molar-refractivity contribution < 1.29 is 13.2 Å². The molecule has 0 aromatic carbocycles. The minimum atomic E-state index is -3.39. The molecule has 134 valence electrons. The van der Waals surface area contributed by atoms with Crippen molar-refractivity contribution in [1.29, 1.82) is 0 Å². The third-order valence-corrected chi connectivity index (χ3v) is 4.36. The predicted octanol–water partition coefficient (Wildman–Crippen LogP) is -0.957. The molecule has 0 saturated carbocycles. The van der Waals surface area contributed by atoms with Gasteiger partial charge in [-0.15, -0.1) is 0 Å². The number of hydrogen-bond donors (Lipinski definition) is 1. The van der Waals surface area contributed by atoms with Crippen LogP contribution < -0.4 is 14.5 Å². The lowest BCUT2D eigenvalue weighted by Crippen LogP contribution is -2.43. The van der Waals surface area contributed by atoms with Crippen LogP contribution in [0.2, 0.25) is 0 Å². The van der Waals surface area contributed by atoms with E-state index in [-0.39, 0.29) is 12.5 Å². The molecule has 2 rings (SSSR count). The highest BCUT2D eigenvalue weighted by Crippen LogP contribution is 2.27. The maximum Gasteiger partial charge on any atom is 0.237 e. The SMILES string of the molecule is CN(C)c1nc2c(c(N(C)C)n1)CCN(C(=O)CNS(C)(=O)=O)C2. The molecule has 0 atom stereocenters. The Balaban J connectivity index is 2.24. The molecule has 0 aliphatic carbocycles. The van der Waals surface area contributed by atoms with Crippen LogP contribution in [0.1, 0.15) is 11.3 Å². The van der Waals surface area contributed by atoms with Crippen LogP contribution in [0.3, 0.4) is 0 Å². The minimum absolute atomic E-state index is 0.236. The molecule has 0 spiro atoms. The fourth-order valence-electron chi connectivity index (χ4n) is 2.49. The Morgan fingerprint density at radius 3 is 2.42 bits per heavy atom. The van der Waals surface area contributed by atoms with E-state index in [9.17, 15) is 13.2 Å². The van der Waals surface area contributed by atoms with E-state index in [1.165, 1.54) is 0 Å². The molecule has 0 saturated heterocycles. The van der Waals surface area contributed by atoms with Gasteiger partial charge in [0.05, 0.1) is 25.0 Å². The summed E-state index contributed by atoms with van der Waals surface area (Å²) >= 11 is 0. The first-order chi connectivity index (χ1) is 11.1. The number of nitrogens with one attached hydrogen (secondary N) is 1. The van der Waals surface area contributed by atoms with Crippen molar-refractivity contribution in [3.63, 3.8) is 0 Å². The van der Waals surface area contributed by atoms with Gasteiger partial charge in [-0.05, 0) is 6.42 Å². The number of aromatic nitrogens is 2. The Morgan fingerprint density at radius 1 is 1.21 bits per heavy atom. The zero-order chi connectivity index (χ0) is 18.1. The van der Waals surface area contributed by atoms with Crippen LogP contribution in [0.15, 0.2) is 0 Å². The molecule has 0 bridgehead atoms. The second-order valence-corrected chi connectivity index (χ2v) is 8.05. The van der Waals surface area contributed by atoms with Crippen LogP contribution in [-0.4, -0.2) is 76.7 Å². The normalized spacial score (nSPS) is 14.3. The average molecular weight is 356 g/mol. The average Bonchev–Trinajstić information content (AvgIpc) is 2.49. The largest absolute Gasteiger partial charge is 0.362 e. The number of amides is 1. The molecule has 24 heavy (non-hydrogen) atoms. The molecule has 1 aliphatic heterocycles. The first kappa shape index (κ1) is 18.4. The third-order valence-electron chi connectivity index (χ3n) is 3.69. The van der Waals surface area contributed by atoms with Crippen LogP contribution in [0.5, 0.6) is 0 Å². The highest BCUT2D eigenvalue weighted by Gasteiger charge is 2.26. The highest BCUT2D eigenvalue weighted by atomic mass is 32.2. The number of carbonyl (C=O) groups is 1. The molecule has 1 amide bonds. The van der Waals surface area contributed by atoms with Gasteiger partial charge in [0, 0.05) is 40.3 Å². The van der Waals surface area contributed by atoms with Crippen LogP contribution in [0.4, 0.5) is 11.8 Å². The quantitative estimate of drug-likeness (QED) is 0.726. The van der Waals surface area contributed by atoms with Gasteiger partial charge in [-0.1, -0.05) is 0 Å². The lowest BCUT2D eigenvalue weighted by molar-refractivity contribution is -0.130. The van der Waals surface area contributed by atoms with E-state index in [2.05, 4.69) is 14.7 Å². The van der Waals surface area contributed by atoms with Gasteiger partial charge < -0.3 is 14.7 Å². The molecule has 0 fully saturated rings. The molecular weight excluding hydrogens is 332 g/mol. The first-order valence-electron chi connectivity index (χ1n) is 7.55. The Hall–Kier alpha value is -1.94. The zero-order valence-electron chi connectivity index (χ0n) is 14.7. The van der Waals surface area contributed by atoms with Crippen LogP contribution in [-0.2, 0) is 27.8 Å². The summed E-state index contributed by atoms with van der Waals surface area (Å²) in [5.74, 6) is 1.17. The van der Waals surface area contributed by atoms with Crippen LogP contribution in [0, 0.1) is 0 Å². The Kier molecular flexibility index (Phi) is 5.29. The van der Waals surface area contributed by atoms with Crippen molar-refractivity contribution in [2.24, 2.45) is 0 Å². The van der Waals surface area contributed by atoms with E-state index in [4.69, 9.17) is 0 Å². The minimum Gasteiger partial charge on any atom is -0.362 e. The summed E-state index contributed by atoms with van der Waals surface area (Å²) in [4.78, 5) is 26.7. The molecule has 9 nitrogen and oxygen atoms in total. The maximum absolute atomic E-state index is 12.2. The maximum atomic E-state index is 12.2. The summed E-state index contributed by atoms with van der Waals surface area (Å²) in [6.45, 7) is 0.632. The summed E-state index contributed by atoms with van der Waals surface area (Å²) in [7, 11) is 4.19. The van der Waals surface area contributed by atoms with Crippen molar-refractivity contribution in [1.82, 2.24) is 19.6 Å². The topological polar surface area (TPSA) is 98.7 Å². The third kappa shape index (κ3) is 4.32. The molecule has 1 aliphatic rings. The summed E-state index contributed by atoms with van der Waals surface area (Å²) < 4.78 is 24.5. The second kappa shape index (κ2) is 6.89. The van der Waals surface area contributed by atoms with Crippen molar-refractivity contribution in [2.75, 3.05) is 57.3 Å². The van der Waals surface area contributed by atoms with Gasteiger partial charge in [0.25, 0.3) is 0 Å². The Morgan fingerprint density at radius 2 is 1.88 bits per heavy atom. The highest BCUT2D eigenvalue weighted by molar-refractivity contribution is 7.88. The number of nitrogens with zero attached hydrogens (tertiary/aromatic N) is 5. The lowest BCUT2D eigenvalue weighted by atomic mass is 10.0. The number of anilines is 2. The van der Waals surface area contributed by atoms with E-state index in [0.717, 1.165) is 23.3 Å². The number of rotatable bonds is 5. The molecular formula is C14H24N6O3S. The van der Waals surface area contributed by atoms with Gasteiger partial charge >= 0.3 is 0 Å². The zero-order valence-corrected chi connectivity index (χ0v) is 15.5. The van der Waals surface area contributed by atoms with Gasteiger partial charge in [0.1, 0.15) is 5.82 Å². The Labute approximate surface area is 142 Å². The number of hydrogen-bond acceptors (Lipinski definition) is 7. The standard InChI is InChI=1S/C14H24N6O3S/c1-18(2)13-10-6-7-20(12(21)8-15-24(5,22)23)9-11(10)16-14(17-13)19(3)4/h15H,6-9H2,1-5H3. The van der Waals surface area contributed by atoms with Crippen molar-refractivity contribution in [2.45, 2.75) is 13.0 Å². The Bertz CT molecular complexity index is 732. The first-order valence-corrected chi connectivity index (χ1v) is 9.44. The number of sulfonamides is 1. The predicted molar refractivity (Wildman–Crippen MR) is 92.7 cm³/mol. The van der Waals surface area contributed by atoms with Crippen molar-refractivity contribution in [3.05, 3.63) is 11.3 Å². The monoisotopic (exact) mass is 356 g/mol. The van der Waals surface area contributed by atoms with E-state index < -0.39 is 10.0 Å². The second-order valence-electron chi connectivity index (χ2n) is 6.22. The van der Waals surface area contributed by atoms with Gasteiger partial charge in [-0.2, -0.15) is 4.98 Å². The fourth-order valence-corrected chi connectivity index (χ4v) is 2.87. The van der Waals surface area contributed by atoms with Crippen LogP contribution >= 0.6 is 0 Å². The van der Waals surface area contributed by atoms with E-state index in [1.807, 2.05) is 38.0 Å². The molecule has 10 heteroatoms. The summed E-state index contributed by atoms with van der Waals surface area (Å²) in [5, 5.41) is 0. The van der Waals surface area contributed by atoms with Gasteiger partial charge in [-0.25, -0.2) is 18.1 Å². The van der Waals surface area contributed by atoms with Crippen molar-refractivity contribution >= 4 is 27.7 Å². The molecule has 2 heterocycles. The number of carbonyl (C=O) groups excluding carboxylic acids is 1. The number of fused-ring (bicyclic) bond motifs is 1. The lowest BCUT2D eigenvalue weighted by Gasteiger charge is -2.31. The summed E-state index contributed by atoms with van der Waals surface area (Å²) in [6.07, 6.45) is 1.67. The molecule has 0 radical (unpaired) electrons. The van der Waals surface area contributed by atoms with Gasteiger partial charge in [-0.3, -0.25) is 4.79 Å². The summed E-state index contributed by atoms with van der Waals surface area (Å²) in [5.41, 5.74) is 1.84. The van der Waals surface area contributed by atoms with E-state index in [0.29, 0.717) is 25.5 Å². The molecule has 1 aromatic rings. The van der Waals surface area contributed by atoms with E-state index in [1.54, 1.807) is 4.90 Å². The summed E-state index contributed by atoms with van der Waals surface area (Å²) in [6, 6.07) is 0. The smallest absolute Gasteiger partial charge is 0.237 e. The fraction of sp³-hybridized carbons (Fsp3) is 0.643. The van der Waals surface area contributed by atoms with Crippen LogP contribution in [0.25, 0.3) is 0 Å². The molecule has 1 N–H and O–H groups in total.